The second-order valence-electron chi connectivity index (χ2n) is 5.30. The molecule has 2 aliphatic heterocycles. The molecule has 0 spiro atoms. The maximum atomic E-state index is 4.88. The van der Waals surface area contributed by atoms with Crippen LogP contribution in [-0.4, -0.2) is 41.4 Å². The molecule has 2 aliphatic rings. The van der Waals surface area contributed by atoms with Crippen LogP contribution in [0.3, 0.4) is 0 Å². The molecule has 0 radical (unpaired) electrons. The van der Waals surface area contributed by atoms with Crippen molar-refractivity contribution in [1.29, 1.82) is 0 Å². The summed E-state index contributed by atoms with van der Waals surface area (Å²) in [6.45, 7) is 6.68. The number of aromatic nitrogens is 2. The number of nitrogens with one attached hydrogen (secondary N) is 1. The average molecular weight is 234 g/mol. The van der Waals surface area contributed by atoms with Crippen molar-refractivity contribution in [3.05, 3.63) is 17.0 Å². The van der Waals surface area contributed by atoms with Gasteiger partial charge >= 0.3 is 0 Å². The van der Waals surface area contributed by atoms with Gasteiger partial charge in [-0.2, -0.15) is 5.10 Å². The predicted octanol–water partition coefficient (Wildman–Crippen LogP) is 0.968. The number of likely N-dealkylation sites (N-methyl/N-ethyl adjacent to an activating group) is 1. The summed E-state index contributed by atoms with van der Waals surface area (Å²) in [5, 5.41) is 8.36. The maximum absolute atomic E-state index is 4.88. The van der Waals surface area contributed by atoms with Crippen molar-refractivity contribution < 1.29 is 0 Å². The first-order valence-corrected chi connectivity index (χ1v) is 6.78. The minimum absolute atomic E-state index is 0.592. The molecule has 0 aromatic carbocycles. The first kappa shape index (κ1) is 11.2. The SMILES string of the molecule is CCc1nn(C2CCN(C)C2)c2c1CCNC2. The highest BCUT2D eigenvalue weighted by Gasteiger charge is 2.27. The van der Waals surface area contributed by atoms with Crippen LogP contribution in [0.1, 0.15) is 36.3 Å². The first-order valence-electron chi connectivity index (χ1n) is 6.78. The molecular weight excluding hydrogens is 212 g/mol. The lowest BCUT2D eigenvalue weighted by Crippen LogP contribution is -2.27. The Hall–Kier alpha value is -0.870. The third-order valence-electron chi connectivity index (χ3n) is 4.09. The zero-order valence-corrected chi connectivity index (χ0v) is 10.9. The zero-order chi connectivity index (χ0) is 11.8. The second kappa shape index (κ2) is 4.42. The summed E-state index contributed by atoms with van der Waals surface area (Å²) >= 11 is 0. The van der Waals surface area contributed by atoms with E-state index in [9.17, 15) is 0 Å². The summed E-state index contributed by atoms with van der Waals surface area (Å²) in [5.74, 6) is 0. The first-order chi connectivity index (χ1) is 8.29. The van der Waals surface area contributed by atoms with Crippen molar-refractivity contribution in [2.45, 2.75) is 38.8 Å². The smallest absolute Gasteiger partial charge is 0.0662 e. The van der Waals surface area contributed by atoms with E-state index in [-0.39, 0.29) is 0 Å². The van der Waals surface area contributed by atoms with Gasteiger partial charge in [-0.05, 0) is 45.0 Å². The number of aryl methyl sites for hydroxylation is 1. The highest BCUT2D eigenvalue weighted by Crippen LogP contribution is 2.26. The molecule has 0 saturated carbocycles. The number of nitrogens with zero attached hydrogens (tertiary/aromatic N) is 3. The van der Waals surface area contributed by atoms with Crippen LogP contribution in [0, 0.1) is 0 Å². The average Bonchev–Trinajstić information content (AvgIpc) is 2.92. The van der Waals surface area contributed by atoms with E-state index < -0.39 is 0 Å². The molecule has 4 heteroatoms. The van der Waals surface area contributed by atoms with Crippen molar-refractivity contribution in [3.63, 3.8) is 0 Å². The van der Waals surface area contributed by atoms with E-state index in [0.717, 1.165) is 32.5 Å². The van der Waals surface area contributed by atoms with Crippen molar-refractivity contribution >= 4 is 0 Å². The van der Waals surface area contributed by atoms with Gasteiger partial charge < -0.3 is 10.2 Å². The predicted molar refractivity (Wildman–Crippen MR) is 68.2 cm³/mol. The van der Waals surface area contributed by atoms with Crippen molar-refractivity contribution in [3.8, 4) is 0 Å². The van der Waals surface area contributed by atoms with Gasteiger partial charge in [0.2, 0.25) is 0 Å². The van der Waals surface area contributed by atoms with Crippen LogP contribution >= 0.6 is 0 Å². The van der Waals surface area contributed by atoms with E-state index in [2.05, 4.69) is 28.9 Å². The molecule has 3 heterocycles. The maximum Gasteiger partial charge on any atom is 0.0662 e. The highest BCUT2D eigenvalue weighted by molar-refractivity contribution is 5.29. The van der Waals surface area contributed by atoms with Crippen LogP contribution in [0.15, 0.2) is 0 Å². The molecule has 3 rings (SSSR count). The van der Waals surface area contributed by atoms with Gasteiger partial charge in [-0.1, -0.05) is 6.92 Å². The van der Waals surface area contributed by atoms with Crippen LogP contribution in [-0.2, 0) is 19.4 Å². The van der Waals surface area contributed by atoms with Gasteiger partial charge in [0.1, 0.15) is 0 Å². The van der Waals surface area contributed by atoms with Crippen molar-refractivity contribution in [1.82, 2.24) is 20.0 Å². The van der Waals surface area contributed by atoms with Crippen LogP contribution in [0.5, 0.6) is 0 Å². The molecule has 0 aliphatic carbocycles. The van der Waals surface area contributed by atoms with Crippen LogP contribution < -0.4 is 5.32 Å². The molecular formula is C13H22N4. The van der Waals surface area contributed by atoms with Crippen LogP contribution in [0.4, 0.5) is 0 Å². The summed E-state index contributed by atoms with van der Waals surface area (Å²) in [6, 6.07) is 0.592. The third kappa shape index (κ3) is 1.89. The fourth-order valence-electron chi connectivity index (χ4n) is 3.15. The lowest BCUT2D eigenvalue weighted by Gasteiger charge is -2.19. The molecule has 17 heavy (non-hydrogen) atoms. The van der Waals surface area contributed by atoms with E-state index in [4.69, 9.17) is 5.10 Å². The van der Waals surface area contributed by atoms with E-state index in [1.54, 1.807) is 0 Å². The Morgan fingerprint density at radius 3 is 3.06 bits per heavy atom. The van der Waals surface area contributed by atoms with Gasteiger partial charge in [-0.15, -0.1) is 0 Å². The molecule has 94 valence electrons. The van der Waals surface area contributed by atoms with E-state index >= 15 is 0 Å². The lowest BCUT2D eigenvalue weighted by atomic mass is 10.0. The highest BCUT2D eigenvalue weighted by atomic mass is 15.3. The second-order valence-corrected chi connectivity index (χ2v) is 5.30. The Labute approximate surface area is 103 Å². The van der Waals surface area contributed by atoms with Crippen molar-refractivity contribution in [2.75, 3.05) is 26.7 Å². The Balaban J connectivity index is 1.96. The number of rotatable bonds is 2. The Morgan fingerprint density at radius 1 is 1.47 bits per heavy atom. The van der Waals surface area contributed by atoms with Gasteiger partial charge in [0.25, 0.3) is 0 Å². The Morgan fingerprint density at radius 2 is 2.35 bits per heavy atom. The molecule has 1 aromatic rings. The minimum atomic E-state index is 0.592. The Bertz CT molecular complexity index is 410. The number of likely N-dealkylation sites (tertiary alicyclic amines) is 1. The summed E-state index contributed by atoms with van der Waals surface area (Å²) < 4.78 is 2.32. The summed E-state index contributed by atoms with van der Waals surface area (Å²) in [4.78, 5) is 2.40. The molecule has 1 fully saturated rings. The molecule has 1 unspecified atom stereocenters. The van der Waals surface area contributed by atoms with Gasteiger partial charge in [-0.25, -0.2) is 0 Å². The van der Waals surface area contributed by atoms with E-state index in [1.165, 1.54) is 29.9 Å². The van der Waals surface area contributed by atoms with Gasteiger partial charge in [0.15, 0.2) is 0 Å². The Kier molecular flexibility index (Phi) is 2.92. The standard InChI is InChI=1S/C13H22N4/c1-3-12-11-4-6-14-8-13(11)17(15-12)10-5-7-16(2)9-10/h10,14H,3-9H2,1-2H3. The van der Waals surface area contributed by atoms with Gasteiger partial charge in [0, 0.05) is 13.1 Å². The van der Waals surface area contributed by atoms with E-state index in [0.29, 0.717) is 6.04 Å². The summed E-state index contributed by atoms with van der Waals surface area (Å²) in [6.07, 6.45) is 3.47. The van der Waals surface area contributed by atoms with Crippen LogP contribution in [0.25, 0.3) is 0 Å². The number of hydrogen-bond donors (Lipinski definition) is 1. The van der Waals surface area contributed by atoms with Gasteiger partial charge in [-0.3, -0.25) is 4.68 Å². The molecule has 4 nitrogen and oxygen atoms in total. The topological polar surface area (TPSA) is 33.1 Å². The zero-order valence-electron chi connectivity index (χ0n) is 10.9. The fourth-order valence-corrected chi connectivity index (χ4v) is 3.15. The summed E-state index contributed by atoms with van der Waals surface area (Å²) in [7, 11) is 2.20. The summed E-state index contributed by atoms with van der Waals surface area (Å²) in [5.41, 5.74) is 4.31. The lowest BCUT2D eigenvalue weighted by molar-refractivity contribution is 0.374. The molecule has 0 amide bonds. The fraction of sp³-hybridized carbons (Fsp3) is 0.769. The number of fused-ring (bicyclic) bond motifs is 1. The quantitative estimate of drug-likeness (QED) is 0.827. The molecule has 1 atom stereocenters. The van der Waals surface area contributed by atoms with E-state index in [1.807, 2.05) is 0 Å². The molecule has 1 N–H and O–H groups in total. The monoisotopic (exact) mass is 234 g/mol. The molecule has 1 saturated heterocycles. The van der Waals surface area contributed by atoms with Crippen molar-refractivity contribution in [2.24, 2.45) is 0 Å². The van der Waals surface area contributed by atoms with Gasteiger partial charge in [0.05, 0.1) is 17.4 Å². The number of hydrogen-bond acceptors (Lipinski definition) is 3. The van der Waals surface area contributed by atoms with Crippen LogP contribution in [0.2, 0.25) is 0 Å². The third-order valence-corrected chi connectivity index (χ3v) is 4.09. The minimum Gasteiger partial charge on any atom is -0.311 e. The molecule has 1 aromatic heterocycles. The molecule has 0 bridgehead atoms. The normalized spacial score (nSPS) is 25.2. The largest absolute Gasteiger partial charge is 0.311 e.